The summed E-state index contributed by atoms with van der Waals surface area (Å²) in [6.07, 6.45) is 0. The molecule has 2 heterocycles. The minimum absolute atomic E-state index is 0.00178. The lowest BCUT2D eigenvalue weighted by Crippen LogP contribution is -2.29. The molecule has 4 aromatic rings. The van der Waals surface area contributed by atoms with Gasteiger partial charge < -0.3 is 14.8 Å². The molecule has 1 aliphatic heterocycles. The standard InChI is InChI=1S/C29H25FN2O4/c1-15-9-11-19(13-16(15)2)32-26(24-17(3)31-22-8-6-5-7-20(22)24)25(28(34)29(32)35)27(33)21-14-18(30)10-12-23(21)36-4/h5-14,26,31,33H,1-4H3/b27-25+. The average molecular weight is 485 g/mol. The topological polar surface area (TPSA) is 82.6 Å². The quantitative estimate of drug-likeness (QED) is 0.216. The number of anilines is 1. The molecule has 1 unspecified atom stereocenters. The molecule has 0 radical (unpaired) electrons. The molecule has 1 fully saturated rings. The number of aryl methyl sites for hydroxylation is 3. The van der Waals surface area contributed by atoms with Gasteiger partial charge in [-0.05, 0) is 68.3 Å². The molecule has 36 heavy (non-hydrogen) atoms. The van der Waals surface area contributed by atoms with E-state index in [9.17, 15) is 19.1 Å². The Morgan fingerprint density at radius 3 is 2.47 bits per heavy atom. The predicted molar refractivity (Wildman–Crippen MR) is 137 cm³/mol. The third kappa shape index (κ3) is 3.55. The molecule has 5 rings (SSSR count). The Bertz CT molecular complexity index is 1580. The number of hydrogen-bond acceptors (Lipinski definition) is 4. The lowest BCUT2D eigenvalue weighted by Gasteiger charge is -2.26. The summed E-state index contributed by atoms with van der Waals surface area (Å²) in [5.41, 5.74) is 4.65. The fraction of sp³-hybridized carbons (Fsp3) is 0.172. The van der Waals surface area contributed by atoms with E-state index < -0.39 is 29.3 Å². The van der Waals surface area contributed by atoms with Crippen LogP contribution in [0.25, 0.3) is 16.7 Å². The highest BCUT2D eigenvalue weighted by molar-refractivity contribution is 6.52. The highest BCUT2D eigenvalue weighted by Gasteiger charge is 2.48. The number of carbonyl (C=O) groups is 2. The highest BCUT2D eigenvalue weighted by Crippen LogP contribution is 2.46. The number of aliphatic hydroxyl groups excluding tert-OH is 1. The number of fused-ring (bicyclic) bond motifs is 1. The van der Waals surface area contributed by atoms with Crippen LogP contribution >= 0.6 is 0 Å². The fourth-order valence-electron chi connectivity index (χ4n) is 4.91. The van der Waals surface area contributed by atoms with Gasteiger partial charge in [-0.25, -0.2) is 4.39 Å². The number of para-hydroxylation sites is 1. The number of H-pyrrole nitrogens is 1. The summed E-state index contributed by atoms with van der Waals surface area (Å²) >= 11 is 0. The summed E-state index contributed by atoms with van der Waals surface area (Å²) in [6.45, 7) is 5.75. The molecule has 0 saturated carbocycles. The summed E-state index contributed by atoms with van der Waals surface area (Å²) in [5.74, 6) is -2.55. The molecule has 0 bridgehead atoms. The molecule has 182 valence electrons. The molecule has 1 amide bonds. The van der Waals surface area contributed by atoms with E-state index in [-0.39, 0.29) is 16.9 Å². The van der Waals surface area contributed by atoms with E-state index in [4.69, 9.17) is 4.74 Å². The molecular formula is C29H25FN2O4. The van der Waals surface area contributed by atoms with Crippen LogP contribution in [0.3, 0.4) is 0 Å². The van der Waals surface area contributed by atoms with Crippen molar-refractivity contribution >= 4 is 34.0 Å². The van der Waals surface area contributed by atoms with Crippen molar-refractivity contribution in [2.24, 2.45) is 0 Å². The van der Waals surface area contributed by atoms with Crippen molar-refractivity contribution in [2.45, 2.75) is 26.8 Å². The second-order valence-corrected chi connectivity index (χ2v) is 8.99. The van der Waals surface area contributed by atoms with Gasteiger partial charge in [0.25, 0.3) is 11.7 Å². The molecule has 1 aliphatic rings. The van der Waals surface area contributed by atoms with Gasteiger partial charge in [0.1, 0.15) is 17.3 Å². The van der Waals surface area contributed by atoms with Crippen LogP contribution in [0.2, 0.25) is 0 Å². The normalized spacial score (nSPS) is 17.2. The number of ketones is 1. The van der Waals surface area contributed by atoms with Crippen molar-refractivity contribution in [1.29, 1.82) is 0 Å². The lowest BCUT2D eigenvalue weighted by atomic mass is 9.92. The van der Waals surface area contributed by atoms with Gasteiger partial charge >= 0.3 is 0 Å². The molecule has 6 nitrogen and oxygen atoms in total. The number of methoxy groups -OCH3 is 1. The maximum atomic E-state index is 14.2. The number of ether oxygens (including phenoxy) is 1. The number of hydrogen-bond donors (Lipinski definition) is 2. The Kier molecular flexibility index (Phi) is 5.63. The van der Waals surface area contributed by atoms with Gasteiger partial charge in [0.2, 0.25) is 0 Å². The number of halogens is 1. The van der Waals surface area contributed by atoms with E-state index in [0.29, 0.717) is 11.3 Å². The predicted octanol–water partition coefficient (Wildman–Crippen LogP) is 5.87. The Hall–Kier alpha value is -4.39. The number of benzene rings is 3. The van der Waals surface area contributed by atoms with E-state index in [2.05, 4.69) is 4.98 Å². The summed E-state index contributed by atoms with van der Waals surface area (Å²) in [7, 11) is 1.39. The van der Waals surface area contributed by atoms with Crippen LogP contribution in [0.15, 0.2) is 66.2 Å². The smallest absolute Gasteiger partial charge is 0.300 e. The Labute approximate surface area is 207 Å². The Balaban J connectivity index is 1.85. The maximum absolute atomic E-state index is 14.2. The van der Waals surface area contributed by atoms with E-state index in [1.54, 1.807) is 6.07 Å². The number of amides is 1. The van der Waals surface area contributed by atoms with Crippen molar-refractivity contribution in [1.82, 2.24) is 4.98 Å². The molecule has 0 aliphatic carbocycles. The van der Waals surface area contributed by atoms with Crippen molar-refractivity contribution in [3.8, 4) is 5.75 Å². The summed E-state index contributed by atoms with van der Waals surface area (Å²) in [6, 6.07) is 15.8. The van der Waals surface area contributed by atoms with E-state index >= 15 is 0 Å². The van der Waals surface area contributed by atoms with Crippen molar-refractivity contribution in [3.05, 3.63) is 100 Å². The SMILES string of the molecule is COc1ccc(F)cc1/C(O)=C1\C(=O)C(=O)N(c2ccc(C)c(C)c2)C1c1c(C)[nH]c2ccccc12. The van der Waals surface area contributed by atoms with Crippen molar-refractivity contribution in [2.75, 3.05) is 12.0 Å². The van der Waals surface area contributed by atoms with Crippen LogP contribution in [-0.4, -0.2) is 28.9 Å². The van der Waals surface area contributed by atoms with Gasteiger partial charge in [0.15, 0.2) is 0 Å². The van der Waals surface area contributed by atoms with Gasteiger partial charge in [0.05, 0.1) is 24.3 Å². The van der Waals surface area contributed by atoms with Crippen molar-refractivity contribution < 1.29 is 23.8 Å². The third-order valence-corrected chi connectivity index (χ3v) is 6.85. The number of carbonyl (C=O) groups excluding carboxylic acids is 2. The van der Waals surface area contributed by atoms with Gasteiger partial charge in [-0.3, -0.25) is 14.5 Å². The number of aromatic amines is 1. The van der Waals surface area contributed by atoms with Crippen LogP contribution in [0.5, 0.6) is 5.75 Å². The number of Topliss-reactive ketones (excluding diaryl/α,β-unsaturated/α-hetero) is 1. The molecule has 3 aromatic carbocycles. The molecule has 1 saturated heterocycles. The number of aliphatic hydroxyl groups is 1. The minimum atomic E-state index is -0.948. The van der Waals surface area contributed by atoms with Crippen molar-refractivity contribution in [3.63, 3.8) is 0 Å². The zero-order valence-electron chi connectivity index (χ0n) is 20.3. The first-order valence-electron chi connectivity index (χ1n) is 11.5. The molecule has 7 heteroatoms. The van der Waals surface area contributed by atoms with Gasteiger partial charge in [-0.15, -0.1) is 0 Å². The fourth-order valence-corrected chi connectivity index (χ4v) is 4.91. The zero-order chi connectivity index (χ0) is 25.7. The summed E-state index contributed by atoms with van der Waals surface area (Å²) in [4.78, 5) is 31.8. The van der Waals surface area contributed by atoms with Crippen LogP contribution < -0.4 is 9.64 Å². The molecular weight excluding hydrogens is 459 g/mol. The van der Waals surface area contributed by atoms with Gasteiger partial charge in [-0.2, -0.15) is 0 Å². The lowest BCUT2D eigenvalue weighted by molar-refractivity contribution is -0.132. The second kappa shape index (κ2) is 8.68. The Morgan fingerprint density at radius 2 is 1.75 bits per heavy atom. The van der Waals surface area contributed by atoms with Crippen LogP contribution in [-0.2, 0) is 9.59 Å². The minimum Gasteiger partial charge on any atom is -0.507 e. The van der Waals surface area contributed by atoms with Crippen LogP contribution in [0, 0.1) is 26.6 Å². The highest BCUT2D eigenvalue weighted by atomic mass is 19.1. The van der Waals surface area contributed by atoms with E-state index in [1.807, 2.05) is 57.2 Å². The number of rotatable bonds is 4. The first-order chi connectivity index (χ1) is 17.2. The molecule has 0 spiro atoms. The monoisotopic (exact) mass is 484 g/mol. The molecule has 1 atom stereocenters. The largest absolute Gasteiger partial charge is 0.507 e. The van der Waals surface area contributed by atoms with Gasteiger partial charge in [-0.1, -0.05) is 24.3 Å². The van der Waals surface area contributed by atoms with Crippen LogP contribution in [0.4, 0.5) is 10.1 Å². The maximum Gasteiger partial charge on any atom is 0.300 e. The number of nitrogens with zero attached hydrogens (tertiary/aromatic N) is 1. The van der Waals surface area contributed by atoms with Crippen LogP contribution in [0.1, 0.15) is 34.0 Å². The molecule has 2 N–H and O–H groups in total. The first-order valence-corrected chi connectivity index (χ1v) is 11.5. The summed E-state index contributed by atoms with van der Waals surface area (Å²) in [5, 5.41) is 12.3. The zero-order valence-corrected chi connectivity index (χ0v) is 20.3. The Morgan fingerprint density at radius 1 is 1.00 bits per heavy atom. The first kappa shape index (κ1) is 23.4. The average Bonchev–Trinajstić information content (AvgIpc) is 3.32. The third-order valence-electron chi connectivity index (χ3n) is 6.85. The number of nitrogens with one attached hydrogen (secondary N) is 1. The number of aromatic nitrogens is 1. The van der Waals surface area contributed by atoms with Gasteiger partial charge in [0, 0.05) is 27.8 Å². The second-order valence-electron chi connectivity index (χ2n) is 8.99. The molecule has 1 aromatic heterocycles. The van der Waals surface area contributed by atoms with E-state index in [0.717, 1.165) is 33.8 Å². The van der Waals surface area contributed by atoms with E-state index in [1.165, 1.54) is 24.1 Å². The summed E-state index contributed by atoms with van der Waals surface area (Å²) < 4.78 is 19.5.